The Morgan fingerprint density at radius 3 is 2.63 bits per heavy atom. The average Bonchev–Trinajstić information content (AvgIpc) is 2.94. The second-order valence-corrected chi connectivity index (χ2v) is 10.2. The zero-order valence-electron chi connectivity index (χ0n) is 20.8. The van der Waals surface area contributed by atoms with Crippen LogP contribution in [0.3, 0.4) is 0 Å². The van der Waals surface area contributed by atoms with Crippen molar-refractivity contribution in [2.45, 2.75) is 19.3 Å². The summed E-state index contributed by atoms with van der Waals surface area (Å²) in [6.45, 7) is 6.10. The van der Waals surface area contributed by atoms with Crippen LogP contribution in [0.4, 0.5) is 33.2 Å². The molecule has 1 saturated heterocycles. The predicted molar refractivity (Wildman–Crippen MR) is 156 cm³/mol. The molecule has 0 atom stereocenters. The molecule has 3 N–H and O–H groups in total. The standard InChI is InChI=1S/C27H29FN6O2S2/c1-2-24(35)30-20-7-6-8-21(17-20)31-25-23(28)18-29-26(33-25)32-19-9-11-22(12-10-19)36-15-16-38-27(37)34-13-4-3-5-14-34/h2,6-12,17-18H,1,3-5,13-16H2,(H,30,35)(H2,29,31,32,33). The lowest BCUT2D eigenvalue weighted by Gasteiger charge is -2.28. The molecule has 0 radical (unpaired) electrons. The zero-order chi connectivity index (χ0) is 26.7. The van der Waals surface area contributed by atoms with Crippen molar-refractivity contribution >= 4 is 63.0 Å². The maximum absolute atomic E-state index is 14.4. The normalized spacial score (nSPS) is 12.9. The number of likely N-dealkylation sites (tertiary alicyclic amines) is 1. The summed E-state index contributed by atoms with van der Waals surface area (Å²) in [7, 11) is 0. The number of nitrogens with zero attached hydrogens (tertiary/aromatic N) is 3. The SMILES string of the molecule is C=CC(=O)Nc1cccc(Nc2nc(Nc3ccc(OCCSC(=S)N4CCCCC4)cc3)ncc2F)c1. The van der Waals surface area contributed by atoms with Gasteiger partial charge in [0.05, 0.1) is 12.8 Å². The fraction of sp³-hybridized carbons (Fsp3) is 0.259. The lowest BCUT2D eigenvalue weighted by atomic mass is 10.1. The van der Waals surface area contributed by atoms with E-state index >= 15 is 0 Å². The largest absolute Gasteiger partial charge is 0.493 e. The van der Waals surface area contributed by atoms with E-state index in [2.05, 4.69) is 37.4 Å². The van der Waals surface area contributed by atoms with Gasteiger partial charge in [0, 0.05) is 35.9 Å². The molecule has 11 heteroatoms. The Morgan fingerprint density at radius 2 is 1.87 bits per heavy atom. The van der Waals surface area contributed by atoms with Crippen LogP contribution < -0.4 is 20.7 Å². The Balaban J connectivity index is 1.28. The Kier molecular flexibility index (Phi) is 9.88. The van der Waals surface area contributed by atoms with Gasteiger partial charge in [-0.1, -0.05) is 36.6 Å². The minimum atomic E-state index is -0.613. The predicted octanol–water partition coefficient (Wildman–Crippen LogP) is 6.11. The number of piperidine rings is 1. The number of nitrogens with one attached hydrogen (secondary N) is 3. The number of rotatable bonds is 10. The van der Waals surface area contributed by atoms with Crippen LogP contribution >= 0.6 is 24.0 Å². The van der Waals surface area contributed by atoms with Crippen LogP contribution in [0, 0.1) is 5.82 Å². The monoisotopic (exact) mass is 552 g/mol. The van der Waals surface area contributed by atoms with Crippen LogP contribution in [0.15, 0.2) is 67.4 Å². The van der Waals surface area contributed by atoms with Crippen LogP contribution in [-0.2, 0) is 4.79 Å². The summed E-state index contributed by atoms with van der Waals surface area (Å²) < 4.78 is 21.2. The number of benzene rings is 2. The first-order valence-electron chi connectivity index (χ1n) is 12.2. The Labute approximate surface area is 231 Å². The second-order valence-electron chi connectivity index (χ2n) is 8.45. The van der Waals surface area contributed by atoms with Gasteiger partial charge in [0.25, 0.3) is 0 Å². The Morgan fingerprint density at radius 1 is 1.11 bits per heavy atom. The molecule has 0 unspecified atom stereocenters. The third kappa shape index (κ3) is 8.15. The summed E-state index contributed by atoms with van der Waals surface area (Å²) in [6.07, 6.45) is 5.97. The van der Waals surface area contributed by atoms with Crippen molar-refractivity contribution in [3.05, 3.63) is 73.2 Å². The number of ether oxygens (including phenoxy) is 1. The van der Waals surface area contributed by atoms with E-state index < -0.39 is 5.82 Å². The lowest BCUT2D eigenvalue weighted by Crippen LogP contribution is -2.33. The van der Waals surface area contributed by atoms with Gasteiger partial charge in [-0.2, -0.15) is 4.98 Å². The van der Waals surface area contributed by atoms with Gasteiger partial charge in [-0.05, 0) is 67.8 Å². The van der Waals surface area contributed by atoms with Crippen molar-refractivity contribution in [2.24, 2.45) is 0 Å². The van der Waals surface area contributed by atoms with Gasteiger partial charge in [0.2, 0.25) is 11.9 Å². The van der Waals surface area contributed by atoms with E-state index in [1.807, 2.05) is 24.3 Å². The maximum Gasteiger partial charge on any atom is 0.247 e. The van der Waals surface area contributed by atoms with Crippen molar-refractivity contribution in [1.82, 2.24) is 14.9 Å². The molecule has 3 aromatic rings. The minimum absolute atomic E-state index is 0.00498. The number of hydrogen-bond acceptors (Lipinski definition) is 8. The highest BCUT2D eigenvalue weighted by Crippen LogP contribution is 2.24. The van der Waals surface area contributed by atoms with Crippen molar-refractivity contribution in [2.75, 3.05) is 41.4 Å². The number of carbonyl (C=O) groups is 1. The van der Waals surface area contributed by atoms with Crippen LogP contribution in [0.2, 0.25) is 0 Å². The first-order chi connectivity index (χ1) is 18.5. The van der Waals surface area contributed by atoms with E-state index in [4.69, 9.17) is 17.0 Å². The van der Waals surface area contributed by atoms with Gasteiger partial charge in [-0.3, -0.25) is 4.79 Å². The van der Waals surface area contributed by atoms with E-state index in [1.54, 1.807) is 36.0 Å². The van der Waals surface area contributed by atoms with Crippen LogP contribution in [0.5, 0.6) is 5.75 Å². The Bertz CT molecular complexity index is 1270. The number of hydrogen-bond donors (Lipinski definition) is 3. The molecule has 1 fully saturated rings. The average molecular weight is 553 g/mol. The van der Waals surface area contributed by atoms with E-state index in [0.29, 0.717) is 18.0 Å². The van der Waals surface area contributed by atoms with E-state index in [0.717, 1.165) is 40.8 Å². The van der Waals surface area contributed by atoms with Gasteiger partial charge in [0.1, 0.15) is 10.1 Å². The highest BCUT2D eigenvalue weighted by atomic mass is 32.2. The third-order valence-corrected chi connectivity index (χ3v) is 7.11. The molecule has 1 aliphatic rings. The highest BCUT2D eigenvalue weighted by molar-refractivity contribution is 8.22. The van der Waals surface area contributed by atoms with E-state index in [9.17, 15) is 9.18 Å². The van der Waals surface area contributed by atoms with Gasteiger partial charge >= 0.3 is 0 Å². The zero-order valence-corrected chi connectivity index (χ0v) is 22.4. The van der Waals surface area contributed by atoms with E-state index in [-0.39, 0.29) is 17.7 Å². The molecule has 8 nitrogen and oxygen atoms in total. The molecule has 4 rings (SSSR count). The molecule has 0 saturated carbocycles. The smallest absolute Gasteiger partial charge is 0.247 e. The molecule has 38 heavy (non-hydrogen) atoms. The molecule has 0 aliphatic carbocycles. The summed E-state index contributed by atoms with van der Waals surface area (Å²) >= 11 is 7.19. The number of thioether (sulfide) groups is 1. The molecule has 1 amide bonds. The quantitative estimate of drug-likeness (QED) is 0.157. The molecule has 198 valence electrons. The third-order valence-electron chi connectivity index (χ3n) is 5.62. The van der Waals surface area contributed by atoms with Crippen LogP contribution in [0.25, 0.3) is 0 Å². The first-order valence-corrected chi connectivity index (χ1v) is 13.6. The second kappa shape index (κ2) is 13.7. The van der Waals surface area contributed by atoms with Crippen molar-refractivity contribution in [3.63, 3.8) is 0 Å². The van der Waals surface area contributed by atoms with Crippen molar-refractivity contribution < 1.29 is 13.9 Å². The summed E-state index contributed by atoms with van der Waals surface area (Å²) in [5.41, 5.74) is 1.81. The fourth-order valence-corrected chi connectivity index (χ4v) is 4.88. The number of halogens is 1. The molecule has 1 aliphatic heterocycles. The molecule has 2 aromatic carbocycles. The number of carbonyl (C=O) groups excluding carboxylic acids is 1. The molecule has 0 spiro atoms. The molecular weight excluding hydrogens is 523 g/mol. The summed E-state index contributed by atoms with van der Waals surface area (Å²) in [4.78, 5) is 22.1. The Hall–Kier alpha value is -3.70. The summed E-state index contributed by atoms with van der Waals surface area (Å²) in [6, 6.07) is 14.2. The topological polar surface area (TPSA) is 91.4 Å². The fourth-order valence-electron chi connectivity index (χ4n) is 3.74. The number of anilines is 5. The van der Waals surface area contributed by atoms with Crippen molar-refractivity contribution in [3.8, 4) is 5.75 Å². The number of thiocarbonyl (C=S) groups is 1. The van der Waals surface area contributed by atoms with Gasteiger partial charge in [-0.15, -0.1) is 0 Å². The minimum Gasteiger partial charge on any atom is -0.493 e. The number of amides is 1. The van der Waals surface area contributed by atoms with E-state index in [1.165, 1.54) is 25.3 Å². The van der Waals surface area contributed by atoms with Crippen LogP contribution in [-0.4, -0.2) is 50.5 Å². The molecule has 0 bridgehead atoms. The lowest BCUT2D eigenvalue weighted by molar-refractivity contribution is -0.111. The van der Waals surface area contributed by atoms with Gasteiger partial charge in [-0.25, -0.2) is 9.37 Å². The summed E-state index contributed by atoms with van der Waals surface area (Å²) in [5.74, 6) is 0.797. The number of aromatic nitrogens is 2. The van der Waals surface area contributed by atoms with Crippen molar-refractivity contribution in [1.29, 1.82) is 0 Å². The highest BCUT2D eigenvalue weighted by Gasteiger charge is 2.13. The van der Waals surface area contributed by atoms with Gasteiger partial charge in [0.15, 0.2) is 11.6 Å². The summed E-state index contributed by atoms with van der Waals surface area (Å²) in [5, 5.41) is 8.65. The first kappa shape index (κ1) is 27.3. The maximum atomic E-state index is 14.4. The van der Waals surface area contributed by atoms with Gasteiger partial charge < -0.3 is 25.6 Å². The van der Waals surface area contributed by atoms with Crippen LogP contribution in [0.1, 0.15) is 19.3 Å². The molecular formula is C27H29FN6O2S2. The molecule has 2 heterocycles. The molecule has 1 aromatic heterocycles.